The van der Waals surface area contributed by atoms with Crippen molar-refractivity contribution in [1.29, 1.82) is 0 Å². The van der Waals surface area contributed by atoms with Gasteiger partial charge in [0.15, 0.2) is 0 Å². The Morgan fingerprint density at radius 1 is 1.33 bits per heavy atom. The minimum Gasteiger partial charge on any atom is -0.416 e. The van der Waals surface area contributed by atoms with Gasteiger partial charge in [0, 0.05) is 0 Å². The summed E-state index contributed by atoms with van der Waals surface area (Å²) in [4.78, 5) is 22.1. The van der Waals surface area contributed by atoms with Gasteiger partial charge in [0.2, 0.25) is 11.8 Å². The SMILES string of the molecule is C[C@@H](Sc1nnc(Cc2ccccc2)o1)C(=O)NC(N)=O. The van der Waals surface area contributed by atoms with E-state index in [1.54, 1.807) is 6.92 Å². The second kappa shape index (κ2) is 6.89. The predicted octanol–water partition coefficient (Wildman–Crippen LogP) is 1.34. The molecule has 0 spiro atoms. The van der Waals surface area contributed by atoms with Crippen LogP contribution in [0.15, 0.2) is 40.0 Å². The fourth-order valence-corrected chi connectivity index (χ4v) is 2.26. The van der Waals surface area contributed by atoms with Gasteiger partial charge >= 0.3 is 6.03 Å². The minimum atomic E-state index is -0.886. The van der Waals surface area contributed by atoms with Crippen molar-refractivity contribution in [2.75, 3.05) is 0 Å². The van der Waals surface area contributed by atoms with E-state index >= 15 is 0 Å². The van der Waals surface area contributed by atoms with E-state index in [4.69, 9.17) is 10.2 Å². The fraction of sp³-hybridized carbons (Fsp3) is 0.231. The van der Waals surface area contributed by atoms with Gasteiger partial charge in [0.05, 0.1) is 11.7 Å². The maximum Gasteiger partial charge on any atom is 0.318 e. The molecular formula is C13H14N4O3S. The van der Waals surface area contributed by atoms with Gasteiger partial charge in [-0.2, -0.15) is 0 Å². The third-order valence-corrected chi connectivity index (χ3v) is 3.47. The van der Waals surface area contributed by atoms with Crippen LogP contribution in [-0.4, -0.2) is 27.4 Å². The first-order chi connectivity index (χ1) is 10.0. The molecule has 110 valence electrons. The van der Waals surface area contributed by atoms with Crippen molar-refractivity contribution in [1.82, 2.24) is 15.5 Å². The summed E-state index contributed by atoms with van der Waals surface area (Å²) >= 11 is 1.06. The van der Waals surface area contributed by atoms with Gasteiger partial charge in [-0.1, -0.05) is 42.1 Å². The van der Waals surface area contributed by atoms with Crippen LogP contribution in [-0.2, 0) is 11.2 Å². The molecule has 0 fully saturated rings. The lowest BCUT2D eigenvalue weighted by molar-refractivity contribution is -0.119. The number of amides is 3. The van der Waals surface area contributed by atoms with Crippen LogP contribution in [0.1, 0.15) is 18.4 Å². The van der Waals surface area contributed by atoms with Crippen molar-refractivity contribution >= 4 is 23.7 Å². The normalized spacial score (nSPS) is 11.9. The zero-order valence-electron chi connectivity index (χ0n) is 11.3. The average molecular weight is 306 g/mol. The standard InChI is InChI=1S/C13H14N4O3S/c1-8(11(18)15-12(14)19)21-13-17-16-10(20-13)7-9-5-3-2-4-6-9/h2-6,8H,7H2,1H3,(H3,14,15,18,19)/t8-/m1/s1. The number of primary amides is 1. The molecule has 21 heavy (non-hydrogen) atoms. The second-order valence-corrected chi connectivity index (χ2v) is 5.53. The molecule has 7 nitrogen and oxygen atoms in total. The number of nitrogens with one attached hydrogen (secondary N) is 1. The van der Waals surface area contributed by atoms with Crippen molar-refractivity contribution in [2.24, 2.45) is 5.73 Å². The molecule has 0 bridgehead atoms. The molecule has 0 saturated carbocycles. The highest BCUT2D eigenvalue weighted by Gasteiger charge is 2.19. The Hall–Kier alpha value is -2.35. The van der Waals surface area contributed by atoms with E-state index in [0.717, 1.165) is 17.3 Å². The molecule has 3 amide bonds. The number of nitrogens with zero attached hydrogens (tertiary/aromatic N) is 2. The highest BCUT2D eigenvalue weighted by molar-refractivity contribution is 8.00. The monoisotopic (exact) mass is 306 g/mol. The molecule has 1 atom stereocenters. The highest BCUT2D eigenvalue weighted by Crippen LogP contribution is 2.22. The van der Waals surface area contributed by atoms with E-state index < -0.39 is 17.2 Å². The summed E-state index contributed by atoms with van der Waals surface area (Å²) in [6.07, 6.45) is 0.524. The van der Waals surface area contributed by atoms with E-state index in [1.807, 2.05) is 35.6 Å². The van der Waals surface area contributed by atoms with Crippen LogP contribution in [0.5, 0.6) is 0 Å². The molecule has 0 aliphatic rings. The number of benzene rings is 1. The molecule has 0 saturated heterocycles. The number of hydrogen-bond donors (Lipinski definition) is 2. The Morgan fingerprint density at radius 2 is 2.05 bits per heavy atom. The molecule has 2 aromatic rings. The summed E-state index contributed by atoms with van der Waals surface area (Å²) in [5.74, 6) is -0.0403. The highest BCUT2D eigenvalue weighted by atomic mass is 32.2. The van der Waals surface area contributed by atoms with E-state index in [0.29, 0.717) is 12.3 Å². The Balaban J connectivity index is 1.94. The van der Waals surface area contributed by atoms with Gasteiger partial charge in [-0.05, 0) is 12.5 Å². The molecule has 0 aliphatic carbocycles. The largest absolute Gasteiger partial charge is 0.416 e. The van der Waals surface area contributed by atoms with Crippen molar-refractivity contribution in [3.05, 3.63) is 41.8 Å². The van der Waals surface area contributed by atoms with Gasteiger partial charge < -0.3 is 10.2 Å². The third-order valence-electron chi connectivity index (χ3n) is 2.54. The van der Waals surface area contributed by atoms with E-state index in [-0.39, 0.29) is 5.22 Å². The molecule has 2 rings (SSSR count). The smallest absolute Gasteiger partial charge is 0.318 e. The first-order valence-electron chi connectivity index (χ1n) is 6.18. The van der Waals surface area contributed by atoms with E-state index in [9.17, 15) is 9.59 Å². The van der Waals surface area contributed by atoms with Gasteiger partial charge in [0.1, 0.15) is 0 Å². The number of imide groups is 1. The van der Waals surface area contributed by atoms with Crippen molar-refractivity contribution in [3.63, 3.8) is 0 Å². The molecule has 1 aromatic carbocycles. The van der Waals surface area contributed by atoms with Crippen LogP contribution in [0.3, 0.4) is 0 Å². The lowest BCUT2D eigenvalue weighted by Crippen LogP contribution is -2.39. The Morgan fingerprint density at radius 3 is 2.71 bits per heavy atom. The number of urea groups is 1. The Kier molecular flexibility index (Phi) is 4.94. The minimum absolute atomic E-state index is 0.271. The summed E-state index contributed by atoms with van der Waals surface area (Å²) < 4.78 is 5.46. The van der Waals surface area contributed by atoms with Gasteiger partial charge in [-0.3, -0.25) is 10.1 Å². The van der Waals surface area contributed by atoms with Crippen LogP contribution in [0, 0.1) is 0 Å². The number of thioether (sulfide) groups is 1. The van der Waals surface area contributed by atoms with Crippen molar-refractivity contribution in [3.8, 4) is 0 Å². The zero-order valence-corrected chi connectivity index (χ0v) is 12.1. The summed E-state index contributed by atoms with van der Waals surface area (Å²) in [5, 5.41) is 9.49. The van der Waals surface area contributed by atoms with Crippen molar-refractivity contribution < 1.29 is 14.0 Å². The zero-order chi connectivity index (χ0) is 15.2. The van der Waals surface area contributed by atoms with Crippen LogP contribution >= 0.6 is 11.8 Å². The topological polar surface area (TPSA) is 111 Å². The number of hydrogen-bond acceptors (Lipinski definition) is 6. The lowest BCUT2D eigenvalue weighted by Gasteiger charge is -2.06. The first kappa shape index (κ1) is 15.0. The summed E-state index contributed by atoms with van der Waals surface area (Å²) in [7, 11) is 0. The maximum atomic E-state index is 11.5. The van der Waals surface area contributed by atoms with Gasteiger partial charge in [-0.25, -0.2) is 4.79 Å². The maximum absolute atomic E-state index is 11.5. The average Bonchev–Trinajstić information content (AvgIpc) is 2.86. The lowest BCUT2D eigenvalue weighted by atomic mass is 10.2. The number of rotatable bonds is 5. The Labute approximate surface area is 125 Å². The molecule has 1 heterocycles. The number of carbonyl (C=O) groups excluding carboxylic acids is 2. The molecule has 0 aliphatic heterocycles. The number of aromatic nitrogens is 2. The molecule has 3 N–H and O–H groups in total. The summed E-state index contributed by atoms with van der Waals surface area (Å²) in [5.41, 5.74) is 5.94. The molecule has 0 radical (unpaired) electrons. The molecule has 0 unspecified atom stereocenters. The number of carbonyl (C=O) groups is 2. The van der Waals surface area contributed by atoms with Crippen LogP contribution in [0.2, 0.25) is 0 Å². The fourth-order valence-electron chi connectivity index (χ4n) is 1.56. The predicted molar refractivity (Wildman–Crippen MR) is 76.6 cm³/mol. The first-order valence-corrected chi connectivity index (χ1v) is 7.06. The van der Waals surface area contributed by atoms with Gasteiger partial charge in [-0.15, -0.1) is 10.2 Å². The van der Waals surface area contributed by atoms with E-state index in [1.165, 1.54) is 0 Å². The molecule has 8 heteroatoms. The third kappa shape index (κ3) is 4.60. The summed E-state index contributed by atoms with van der Waals surface area (Å²) in [6.45, 7) is 1.62. The summed E-state index contributed by atoms with van der Waals surface area (Å²) in [6, 6.07) is 8.81. The Bertz CT molecular complexity index is 629. The van der Waals surface area contributed by atoms with Gasteiger partial charge in [0.25, 0.3) is 5.22 Å². The van der Waals surface area contributed by atoms with Crippen LogP contribution in [0.25, 0.3) is 0 Å². The van der Waals surface area contributed by atoms with E-state index in [2.05, 4.69) is 10.2 Å². The second-order valence-electron chi connectivity index (χ2n) is 4.24. The number of nitrogens with two attached hydrogens (primary N) is 1. The van der Waals surface area contributed by atoms with Crippen molar-refractivity contribution in [2.45, 2.75) is 23.8 Å². The van der Waals surface area contributed by atoms with Crippen LogP contribution < -0.4 is 11.1 Å². The van der Waals surface area contributed by atoms with Crippen LogP contribution in [0.4, 0.5) is 4.79 Å². The molecular weight excluding hydrogens is 292 g/mol. The molecule has 1 aromatic heterocycles. The quantitative estimate of drug-likeness (QED) is 0.806.